The highest BCUT2D eigenvalue weighted by Crippen LogP contribution is 2.47. The predicted molar refractivity (Wildman–Crippen MR) is 136 cm³/mol. The van der Waals surface area contributed by atoms with Crippen LogP contribution in [0.25, 0.3) is 5.57 Å². The number of nitrogens with zero attached hydrogens (tertiary/aromatic N) is 1. The molecule has 0 spiro atoms. The van der Waals surface area contributed by atoms with Crippen LogP contribution in [0.2, 0.25) is 0 Å². The van der Waals surface area contributed by atoms with Crippen LogP contribution in [-0.4, -0.2) is 52.9 Å². The third-order valence-corrected chi connectivity index (χ3v) is 6.35. The van der Waals surface area contributed by atoms with Crippen molar-refractivity contribution in [1.29, 1.82) is 0 Å². The van der Waals surface area contributed by atoms with Gasteiger partial charge in [0.2, 0.25) is 12.7 Å². The number of esters is 2. The topological polar surface area (TPSA) is 131 Å². The largest absolute Gasteiger partial charge is 0.427 e. The normalized spacial score (nSPS) is 19.3. The molecule has 38 heavy (non-hydrogen) atoms. The van der Waals surface area contributed by atoms with Gasteiger partial charge in [0.1, 0.15) is 11.4 Å². The number of hydrogen-bond donors (Lipinski definition) is 2. The number of carbonyl (C=O) groups is 4. The fourth-order valence-corrected chi connectivity index (χ4v) is 4.43. The monoisotopic (exact) mass is 522 g/mol. The first-order valence-corrected chi connectivity index (χ1v) is 12.2. The molecule has 0 bridgehead atoms. The van der Waals surface area contributed by atoms with Crippen LogP contribution in [0, 0.1) is 11.3 Å². The molecule has 2 heterocycles. The van der Waals surface area contributed by atoms with Gasteiger partial charge in [0, 0.05) is 5.69 Å². The van der Waals surface area contributed by atoms with Gasteiger partial charge in [-0.05, 0) is 69.5 Å². The third kappa shape index (κ3) is 5.55. The Hall–Kier alpha value is -4.18. The number of hydrogen-bond acceptors (Lipinski definition) is 8. The molecule has 0 aromatic heterocycles. The van der Waals surface area contributed by atoms with Crippen molar-refractivity contribution in [1.82, 2.24) is 4.90 Å². The Morgan fingerprint density at radius 3 is 2.32 bits per heavy atom. The van der Waals surface area contributed by atoms with Gasteiger partial charge in [0.25, 0.3) is 0 Å². The zero-order valence-electron chi connectivity index (χ0n) is 21.6. The molecule has 10 heteroatoms. The number of fused-ring (bicyclic) bond motifs is 1. The van der Waals surface area contributed by atoms with Gasteiger partial charge < -0.3 is 24.2 Å². The maximum absolute atomic E-state index is 13.1. The lowest BCUT2D eigenvalue weighted by atomic mass is 9.82. The van der Waals surface area contributed by atoms with Crippen molar-refractivity contribution in [2.24, 2.45) is 11.3 Å². The summed E-state index contributed by atoms with van der Waals surface area (Å²) in [7, 11) is 0. The van der Waals surface area contributed by atoms with Crippen LogP contribution in [0.15, 0.2) is 60.3 Å². The maximum Gasteiger partial charge on any atom is 0.417 e. The van der Waals surface area contributed by atoms with Crippen molar-refractivity contribution in [3.8, 4) is 5.75 Å². The smallest absolute Gasteiger partial charge is 0.417 e. The Morgan fingerprint density at radius 2 is 1.71 bits per heavy atom. The minimum atomic E-state index is -0.882. The number of ether oxygens (including phenoxy) is 3. The zero-order chi connectivity index (χ0) is 27.6. The Labute approximate surface area is 220 Å². The molecule has 2 aromatic rings. The van der Waals surface area contributed by atoms with Crippen molar-refractivity contribution < 1.29 is 38.5 Å². The first kappa shape index (κ1) is 26.9. The van der Waals surface area contributed by atoms with E-state index >= 15 is 0 Å². The molecule has 2 amide bonds. The number of amides is 2. The highest BCUT2D eigenvalue weighted by Gasteiger charge is 2.57. The molecule has 1 saturated heterocycles. The van der Waals surface area contributed by atoms with Crippen molar-refractivity contribution in [3.63, 3.8) is 0 Å². The molecule has 10 nitrogen and oxygen atoms in total. The molecule has 200 valence electrons. The second kappa shape index (κ2) is 10.7. The summed E-state index contributed by atoms with van der Waals surface area (Å²) in [5.41, 5.74) is 1.02. The Bertz CT molecular complexity index is 1260. The second-order valence-electron chi connectivity index (χ2n) is 10.2. The Morgan fingerprint density at radius 1 is 1.05 bits per heavy atom. The average Bonchev–Trinajstić information content (AvgIpc) is 3.19. The molecule has 2 aromatic carbocycles. The number of aliphatic hydroxyl groups is 1. The van der Waals surface area contributed by atoms with Gasteiger partial charge in [0.05, 0.1) is 23.5 Å². The molecule has 0 unspecified atom stereocenters. The van der Waals surface area contributed by atoms with E-state index in [2.05, 4.69) is 5.32 Å². The molecule has 2 N–H and O–H groups in total. The predicted octanol–water partition coefficient (Wildman–Crippen LogP) is 3.71. The van der Waals surface area contributed by atoms with Crippen LogP contribution in [0.4, 0.5) is 10.5 Å². The van der Waals surface area contributed by atoms with Gasteiger partial charge in [-0.15, -0.1) is 0 Å². The summed E-state index contributed by atoms with van der Waals surface area (Å²) in [6.07, 6.45) is -1.22. The first-order valence-electron chi connectivity index (χ1n) is 12.2. The van der Waals surface area contributed by atoms with Crippen molar-refractivity contribution in [2.45, 2.75) is 46.3 Å². The van der Waals surface area contributed by atoms with Gasteiger partial charge in [0.15, 0.2) is 0 Å². The molecular formula is C28H30N2O8. The zero-order valence-corrected chi connectivity index (χ0v) is 21.6. The van der Waals surface area contributed by atoms with E-state index in [1.807, 2.05) is 6.07 Å². The van der Waals surface area contributed by atoms with Gasteiger partial charge in [-0.25, -0.2) is 9.59 Å². The lowest BCUT2D eigenvalue weighted by Gasteiger charge is -2.44. The summed E-state index contributed by atoms with van der Waals surface area (Å²) in [6, 6.07) is 14.9. The molecule has 0 radical (unpaired) electrons. The van der Waals surface area contributed by atoms with Gasteiger partial charge in [-0.3, -0.25) is 14.9 Å². The third-order valence-electron chi connectivity index (χ3n) is 6.35. The maximum atomic E-state index is 13.1. The summed E-state index contributed by atoms with van der Waals surface area (Å²) < 4.78 is 15.6. The lowest BCUT2D eigenvalue weighted by molar-refractivity contribution is -0.175. The lowest BCUT2D eigenvalue weighted by Crippen LogP contribution is -2.61. The van der Waals surface area contributed by atoms with Gasteiger partial charge >= 0.3 is 18.0 Å². The van der Waals surface area contributed by atoms with E-state index in [1.54, 1.807) is 69.3 Å². The molecular weight excluding hydrogens is 492 g/mol. The first-order chi connectivity index (χ1) is 18.0. The molecule has 0 saturated carbocycles. The van der Waals surface area contributed by atoms with Crippen molar-refractivity contribution in [2.75, 3.05) is 12.1 Å². The summed E-state index contributed by atoms with van der Waals surface area (Å²) >= 11 is 0. The number of β-lactam (4-membered cyclic amide) rings is 1. The second-order valence-corrected chi connectivity index (χ2v) is 10.2. The quantitative estimate of drug-likeness (QED) is 0.320. The van der Waals surface area contributed by atoms with E-state index < -0.39 is 48.3 Å². The van der Waals surface area contributed by atoms with E-state index in [1.165, 1.54) is 11.8 Å². The minimum Gasteiger partial charge on any atom is -0.427 e. The van der Waals surface area contributed by atoms with Crippen molar-refractivity contribution >= 4 is 35.2 Å². The number of carbonyl (C=O) groups excluding carboxylic acids is 4. The summed E-state index contributed by atoms with van der Waals surface area (Å²) in [5.74, 6) is -2.09. The van der Waals surface area contributed by atoms with Gasteiger partial charge in [-0.1, -0.05) is 30.3 Å². The number of benzene rings is 2. The summed E-state index contributed by atoms with van der Waals surface area (Å²) in [4.78, 5) is 51.4. The molecule has 3 atom stereocenters. The highest BCUT2D eigenvalue weighted by molar-refractivity contribution is 6.06. The van der Waals surface area contributed by atoms with Crippen LogP contribution in [0.3, 0.4) is 0 Å². The number of aliphatic hydroxyl groups excluding tert-OH is 1. The molecule has 2 aliphatic heterocycles. The number of anilines is 1. The molecule has 4 rings (SSSR count). The average molecular weight is 523 g/mol. The number of nitrogens with one attached hydrogen (secondary N) is 1. The van der Waals surface area contributed by atoms with E-state index in [0.29, 0.717) is 23.2 Å². The Kier molecular flexibility index (Phi) is 7.54. The van der Waals surface area contributed by atoms with Crippen LogP contribution in [0.1, 0.15) is 39.7 Å². The molecule has 2 aliphatic rings. The fraction of sp³-hybridized carbons (Fsp3) is 0.357. The SMILES string of the molecule is C[C@@H](O)[C@H]1C(=O)N2C(C(=O)OCOC(=O)C(C)(C)C)=C(c3ccc(OC(=O)Nc4ccccc4)cc3)C[C@H]12. The highest BCUT2D eigenvalue weighted by atomic mass is 16.7. The van der Waals surface area contributed by atoms with Gasteiger partial charge in [-0.2, -0.15) is 0 Å². The van der Waals surface area contributed by atoms with Crippen LogP contribution in [0.5, 0.6) is 5.75 Å². The fourth-order valence-electron chi connectivity index (χ4n) is 4.43. The summed E-state index contributed by atoms with van der Waals surface area (Å²) in [5, 5.41) is 12.7. The minimum absolute atomic E-state index is 0.0409. The standard InChI is InChI=1S/C28H30N2O8/c1-16(31)22-21-14-20(23(30(21)24(22)32)25(33)36-15-37-26(34)28(2,3)4)17-10-12-19(13-11-17)38-27(35)29-18-8-6-5-7-9-18/h5-13,16,21-22,31H,14-15H2,1-4H3,(H,29,35)/t16-,21-,22-/m1/s1. The van der Waals surface area contributed by atoms with E-state index in [0.717, 1.165) is 0 Å². The van der Waals surface area contributed by atoms with Crippen LogP contribution in [-0.2, 0) is 23.9 Å². The summed E-state index contributed by atoms with van der Waals surface area (Å²) in [6.45, 7) is 5.96. The number of rotatable bonds is 7. The molecule has 1 fully saturated rings. The Balaban J connectivity index is 1.51. The van der Waals surface area contributed by atoms with Crippen LogP contribution >= 0.6 is 0 Å². The van der Waals surface area contributed by atoms with E-state index in [-0.39, 0.29) is 17.4 Å². The van der Waals surface area contributed by atoms with E-state index in [4.69, 9.17) is 14.2 Å². The van der Waals surface area contributed by atoms with E-state index in [9.17, 15) is 24.3 Å². The molecule has 0 aliphatic carbocycles. The number of para-hydroxylation sites is 1. The van der Waals surface area contributed by atoms with Crippen LogP contribution < -0.4 is 10.1 Å². The van der Waals surface area contributed by atoms with Crippen molar-refractivity contribution in [3.05, 3.63) is 65.9 Å².